The molecule has 6 heteroatoms. The number of halogens is 3. The second-order valence-electron chi connectivity index (χ2n) is 5.33. The van der Waals surface area contributed by atoms with Crippen molar-refractivity contribution in [1.29, 1.82) is 0 Å². The Kier molecular flexibility index (Phi) is 4.30. The molecule has 0 bridgehead atoms. The van der Waals surface area contributed by atoms with Gasteiger partial charge in [0.15, 0.2) is 0 Å². The van der Waals surface area contributed by atoms with E-state index < -0.39 is 17.0 Å². The van der Waals surface area contributed by atoms with E-state index in [9.17, 15) is 13.6 Å². The molecule has 20 heavy (non-hydrogen) atoms. The Balaban J connectivity index is 0.00000147. The van der Waals surface area contributed by atoms with Crippen LogP contribution in [0.15, 0.2) is 18.2 Å². The topological polar surface area (TPSA) is 41.1 Å². The van der Waals surface area contributed by atoms with Gasteiger partial charge in [-0.3, -0.25) is 4.79 Å². The molecule has 2 heterocycles. The summed E-state index contributed by atoms with van der Waals surface area (Å²) in [5, 5.41) is 6.06. The van der Waals surface area contributed by atoms with Gasteiger partial charge in [-0.05, 0) is 37.6 Å². The van der Waals surface area contributed by atoms with E-state index in [1.54, 1.807) is 0 Å². The van der Waals surface area contributed by atoms with Gasteiger partial charge < -0.3 is 10.6 Å². The third kappa shape index (κ3) is 2.29. The Labute approximate surface area is 122 Å². The van der Waals surface area contributed by atoms with E-state index in [0.29, 0.717) is 24.9 Å². The van der Waals surface area contributed by atoms with Gasteiger partial charge in [-0.2, -0.15) is 0 Å². The fourth-order valence-electron chi connectivity index (χ4n) is 3.36. The average molecular weight is 303 g/mol. The molecule has 1 aromatic carbocycles. The van der Waals surface area contributed by atoms with Crippen LogP contribution in [-0.2, 0) is 4.79 Å². The highest BCUT2D eigenvalue weighted by molar-refractivity contribution is 5.86. The Morgan fingerprint density at radius 1 is 1.20 bits per heavy atom. The predicted octanol–water partition coefficient (Wildman–Crippen LogP) is 1.97. The van der Waals surface area contributed by atoms with Crippen LogP contribution in [0.3, 0.4) is 0 Å². The zero-order valence-electron chi connectivity index (χ0n) is 10.9. The van der Waals surface area contributed by atoms with Crippen molar-refractivity contribution in [3.05, 3.63) is 35.4 Å². The van der Waals surface area contributed by atoms with E-state index >= 15 is 0 Å². The standard InChI is InChI=1S/C14H16F2N2O.ClH/c15-9-1-2-10(12(16)7-9)11-8-18-13(19)14(11)3-5-17-6-4-14;/h1-2,7,11,17H,3-6,8H2,(H,18,19);1H. The minimum absolute atomic E-state index is 0. The molecule has 2 N–H and O–H groups in total. The quantitative estimate of drug-likeness (QED) is 0.833. The lowest BCUT2D eigenvalue weighted by molar-refractivity contribution is -0.129. The van der Waals surface area contributed by atoms with Crippen molar-refractivity contribution in [3.8, 4) is 0 Å². The van der Waals surface area contributed by atoms with Crippen molar-refractivity contribution in [1.82, 2.24) is 10.6 Å². The largest absolute Gasteiger partial charge is 0.355 e. The van der Waals surface area contributed by atoms with Crippen molar-refractivity contribution in [3.63, 3.8) is 0 Å². The zero-order valence-corrected chi connectivity index (χ0v) is 11.7. The Hall–Kier alpha value is -1.20. The number of hydrogen-bond donors (Lipinski definition) is 2. The highest BCUT2D eigenvalue weighted by Crippen LogP contribution is 2.47. The fourth-order valence-corrected chi connectivity index (χ4v) is 3.36. The first-order valence-corrected chi connectivity index (χ1v) is 6.57. The molecule has 3 nitrogen and oxygen atoms in total. The van der Waals surface area contributed by atoms with Crippen LogP contribution in [0.5, 0.6) is 0 Å². The summed E-state index contributed by atoms with van der Waals surface area (Å²) in [7, 11) is 0. The summed E-state index contributed by atoms with van der Waals surface area (Å²) in [6.45, 7) is 1.95. The van der Waals surface area contributed by atoms with E-state index in [1.165, 1.54) is 12.1 Å². The van der Waals surface area contributed by atoms with Crippen LogP contribution >= 0.6 is 12.4 Å². The van der Waals surface area contributed by atoms with Gasteiger partial charge in [0, 0.05) is 18.5 Å². The van der Waals surface area contributed by atoms with Crippen LogP contribution in [0.2, 0.25) is 0 Å². The van der Waals surface area contributed by atoms with Crippen LogP contribution in [0.4, 0.5) is 8.78 Å². The van der Waals surface area contributed by atoms with E-state index in [0.717, 1.165) is 19.2 Å². The van der Waals surface area contributed by atoms with Crippen molar-refractivity contribution < 1.29 is 13.6 Å². The van der Waals surface area contributed by atoms with E-state index in [-0.39, 0.29) is 24.2 Å². The number of benzene rings is 1. The number of carbonyl (C=O) groups is 1. The van der Waals surface area contributed by atoms with Gasteiger partial charge in [-0.1, -0.05) is 6.07 Å². The summed E-state index contributed by atoms with van der Waals surface area (Å²) in [4.78, 5) is 12.2. The van der Waals surface area contributed by atoms with Crippen LogP contribution in [-0.4, -0.2) is 25.5 Å². The second-order valence-corrected chi connectivity index (χ2v) is 5.33. The van der Waals surface area contributed by atoms with E-state index in [1.807, 2.05) is 0 Å². The number of hydrogen-bond acceptors (Lipinski definition) is 2. The molecule has 2 fully saturated rings. The van der Waals surface area contributed by atoms with E-state index in [4.69, 9.17) is 0 Å². The lowest BCUT2D eigenvalue weighted by Gasteiger charge is -2.36. The smallest absolute Gasteiger partial charge is 0.227 e. The van der Waals surface area contributed by atoms with Crippen LogP contribution in [0, 0.1) is 17.0 Å². The lowest BCUT2D eigenvalue weighted by atomic mass is 9.68. The van der Waals surface area contributed by atoms with Gasteiger partial charge in [0.1, 0.15) is 11.6 Å². The number of piperidine rings is 1. The molecular weight excluding hydrogens is 286 g/mol. The molecule has 1 unspecified atom stereocenters. The van der Waals surface area contributed by atoms with Crippen molar-refractivity contribution >= 4 is 18.3 Å². The maximum Gasteiger partial charge on any atom is 0.227 e. The molecule has 0 aromatic heterocycles. The highest BCUT2D eigenvalue weighted by atomic mass is 35.5. The van der Waals surface area contributed by atoms with Gasteiger partial charge in [-0.15, -0.1) is 12.4 Å². The minimum atomic E-state index is -0.585. The second kappa shape index (κ2) is 5.66. The number of nitrogens with one attached hydrogen (secondary N) is 2. The SMILES string of the molecule is Cl.O=C1NCC(c2ccc(F)cc2F)C12CCNCC2. The fraction of sp³-hybridized carbons (Fsp3) is 0.500. The molecule has 1 amide bonds. The van der Waals surface area contributed by atoms with Crippen molar-refractivity contribution in [2.45, 2.75) is 18.8 Å². The molecule has 1 atom stereocenters. The molecule has 0 aliphatic carbocycles. The first kappa shape index (κ1) is 15.2. The minimum Gasteiger partial charge on any atom is -0.355 e. The van der Waals surface area contributed by atoms with Gasteiger partial charge in [0.25, 0.3) is 0 Å². The summed E-state index contributed by atoms with van der Waals surface area (Å²) in [5.74, 6) is -1.34. The van der Waals surface area contributed by atoms with Gasteiger partial charge in [0.2, 0.25) is 5.91 Å². The van der Waals surface area contributed by atoms with Gasteiger partial charge >= 0.3 is 0 Å². The summed E-state index contributed by atoms with van der Waals surface area (Å²) in [6, 6.07) is 3.63. The maximum atomic E-state index is 14.0. The normalized spacial score (nSPS) is 24.3. The number of rotatable bonds is 1. The molecule has 0 saturated carbocycles. The first-order chi connectivity index (χ1) is 9.13. The summed E-state index contributed by atoms with van der Waals surface area (Å²) in [5.41, 5.74) is -0.0918. The van der Waals surface area contributed by atoms with Crippen molar-refractivity contribution in [2.24, 2.45) is 5.41 Å². The molecule has 2 saturated heterocycles. The van der Waals surface area contributed by atoms with Crippen LogP contribution in [0.25, 0.3) is 0 Å². The Bertz CT molecular complexity index is 518. The first-order valence-electron chi connectivity index (χ1n) is 6.57. The van der Waals surface area contributed by atoms with E-state index in [2.05, 4.69) is 10.6 Å². The molecule has 110 valence electrons. The lowest BCUT2D eigenvalue weighted by Crippen LogP contribution is -2.44. The number of amides is 1. The Morgan fingerprint density at radius 3 is 2.55 bits per heavy atom. The zero-order chi connectivity index (χ0) is 13.5. The molecular formula is C14H17ClF2N2O. The molecule has 2 aliphatic heterocycles. The summed E-state index contributed by atoms with van der Waals surface area (Å²) >= 11 is 0. The van der Waals surface area contributed by atoms with Gasteiger partial charge in [-0.25, -0.2) is 8.78 Å². The Morgan fingerprint density at radius 2 is 1.90 bits per heavy atom. The number of carbonyl (C=O) groups excluding carboxylic acids is 1. The van der Waals surface area contributed by atoms with Crippen LogP contribution < -0.4 is 10.6 Å². The third-order valence-electron chi connectivity index (χ3n) is 4.42. The summed E-state index contributed by atoms with van der Waals surface area (Å²) in [6.07, 6.45) is 1.39. The molecule has 2 aliphatic rings. The van der Waals surface area contributed by atoms with Gasteiger partial charge in [0.05, 0.1) is 5.41 Å². The molecule has 0 radical (unpaired) electrons. The molecule has 1 spiro atoms. The van der Waals surface area contributed by atoms with Crippen molar-refractivity contribution in [2.75, 3.05) is 19.6 Å². The third-order valence-corrected chi connectivity index (χ3v) is 4.42. The predicted molar refractivity (Wildman–Crippen MR) is 73.9 cm³/mol. The molecule has 1 aromatic rings. The molecule has 3 rings (SSSR count). The highest BCUT2D eigenvalue weighted by Gasteiger charge is 2.51. The average Bonchev–Trinajstić information content (AvgIpc) is 2.69. The monoisotopic (exact) mass is 302 g/mol. The summed E-state index contributed by atoms with van der Waals surface area (Å²) < 4.78 is 27.0. The maximum absolute atomic E-state index is 14.0. The van der Waals surface area contributed by atoms with Crippen LogP contribution in [0.1, 0.15) is 24.3 Å².